The molecule has 0 aromatic carbocycles. The summed E-state index contributed by atoms with van der Waals surface area (Å²) in [5.74, 6) is -0.467. The number of alkyl halides is 5. The van der Waals surface area contributed by atoms with Gasteiger partial charge in [0.2, 0.25) is 5.95 Å². The van der Waals surface area contributed by atoms with Crippen LogP contribution in [0, 0.1) is 0 Å². The Labute approximate surface area is 81.3 Å². The number of halogens is 5. The van der Waals surface area contributed by atoms with Crippen LogP contribution < -0.4 is 5.32 Å². The lowest BCUT2D eigenvalue weighted by molar-refractivity contribution is -0.141. The third-order valence-electron chi connectivity index (χ3n) is 1.36. The molecule has 0 bridgehead atoms. The third-order valence-corrected chi connectivity index (χ3v) is 1.36. The summed E-state index contributed by atoms with van der Waals surface area (Å²) in [6.07, 6.45) is -6.43. The first kappa shape index (κ1) is 11.6. The Morgan fingerprint density at radius 1 is 1.33 bits per heavy atom. The van der Waals surface area contributed by atoms with Gasteiger partial charge in [0.1, 0.15) is 5.69 Å². The summed E-state index contributed by atoms with van der Waals surface area (Å²) >= 11 is 0. The Morgan fingerprint density at radius 3 is 2.53 bits per heavy atom. The van der Waals surface area contributed by atoms with Gasteiger partial charge in [0.05, 0.1) is 6.54 Å². The molecule has 15 heavy (non-hydrogen) atoms. The molecular formula is C7H6F5N3. The summed E-state index contributed by atoms with van der Waals surface area (Å²) < 4.78 is 59.7. The van der Waals surface area contributed by atoms with Crippen molar-refractivity contribution in [1.82, 2.24) is 9.97 Å². The Kier molecular flexibility index (Phi) is 3.38. The van der Waals surface area contributed by atoms with Gasteiger partial charge in [0.15, 0.2) is 0 Å². The van der Waals surface area contributed by atoms with Crippen LogP contribution in [0.25, 0.3) is 0 Å². The molecule has 0 unspecified atom stereocenters. The van der Waals surface area contributed by atoms with Crippen molar-refractivity contribution in [3.8, 4) is 0 Å². The molecule has 0 amide bonds. The lowest BCUT2D eigenvalue weighted by Crippen LogP contribution is -2.15. The average molecular weight is 227 g/mol. The van der Waals surface area contributed by atoms with Crippen LogP contribution in [0.2, 0.25) is 0 Å². The summed E-state index contributed by atoms with van der Waals surface area (Å²) in [6, 6.07) is 0.660. The lowest BCUT2D eigenvalue weighted by Gasteiger charge is -2.07. The molecule has 84 valence electrons. The van der Waals surface area contributed by atoms with Gasteiger partial charge in [0, 0.05) is 6.20 Å². The van der Waals surface area contributed by atoms with E-state index in [-0.39, 0.29) is 0 Å². The van der Waals surface area contributed by atoms with E-state index in [1.807, 2.05) is 5.32 Å². The molecule has 0 atom stereocenters. The van der Waals surface area contributed by atoms with Crippen LogP contribution in [0.4, 0.5) is 27.9 Å². The van der Waals surface area contributed by atoms with E-state index in [1.165, 1.54) is 0 Å². The lowest BCUT2D eigenvalue weighted by atomic mass is 10.4. The summed E-state index contributed by atoms with van der Waals surface area (Å²) in [5, 5.41) is 1.98. The van der Waals surface area contributed by atoms with E-state index in [0.29, 0.717) is 6.07 Å². The minimum absolute atomic E-state index is 0.467. The standard InChI is InChI=1S/C7H6F5N3/c8-5(9)3-14-6-13-2-1-4(15-6)7(10,11)12/h1-2,5H,3H2,(H,13,14,15). The number of hydrogen-bond acceptors (Lipinski definition) is 3. The largest absolute Gasteiger partial charge is 0.433 e. The highest BCUT2D eigenvalue weighted by atomic mass is 19.4. The molecule has 1 aromatic rings. The Balaban J connectivity index is 2.75. The zero-order chi connectivity index (χ0) is 11.5. The van der Waals surface area contributed by atoms with E-state index in [4.69, 9.17) is 0 Å². The molecular weight excluding hydrogens is 221 g/mol. The van der Waals surface area contributed by atoms with Crippen molar-refractivity contribution < 1.29 is 22.0 Å². The highest BCUT2D eigenvalue weighted by Crippen LogP contribution is 2.27. The number of anilines is 1. The van der Waals surface area contributed by atoms with Crippen molar-refractivity contribution >= 4 is 5.95 Å². The summed E-state index contributed by atoms with van der Waals surface area (Å²) in [6.45, 7) is -0.790. The van der Waals surface area contributed by atoms with Crippen LogP contribution in [0.5, 0.6) is 0 Å². The number of nitrogens with zero attached hydrogens (tertiary/aromatic N) is 2. The predicted molar refractivity (Wildman–Crippen MR) is 41.5 cm³/mol. The normalized spacial score (nSPS) is 11.9. The molecule has 0 aliphatic rings. The smallest absolute Gasteiger partial charge is 0.348 e. The molecule has 0 saturated heterocycles. The summed E-state index contributed by atoms with van der Waals surface area (Å²) in [5.41, 5.74) is -1.17. The first-order chi connectivity index (χ1) is 6.89. The second kappa shape index (κ2) is 4.37. The molecule has 0 aliphatic carbocycles. The number of nitrogens with one attached hydrogen (secondary N) is 1. The van der Waals surface area contributed by atoms with Gasteiger partial charge in [-0.05, 0) is 6.07 Å². The molecule has 1 rings (SSSR count). The van der Waals surface area contributed by atoms with Crippen LogP contribution in [0.15, 0.2) is 12.3 Å². The van der Waals surface area contributed by atoms with Gasteiger partial charge in [-0.3, -0.25) is 0 Å². The molecule has 0 spiro atoms. The van der Waals surface area contributed by atoms with Crippen LogP contribution in [0.3, 0.4) is 0 Å². The molecule has 0 radical (unpaired) electrons. The van der Waals surface area contributed by atoms with Gasteiger partial charge in [-0.25, -0.2) is 18.7 Å². The van der Waals surface area contributed by atoms with E-state index < -0.39 is 30.8 Å². The van der Waals surface area contributed by atoms with Gasteiger partial charge in [0.25, 0.3) is 6.43 Å². The van der Waals surface area contributed by atoms with E-state index in [1.54, 1.807) is 0 Å². The van der Waals surface area contributed by atoms with Crippen LogP contribution in [-0.2, 0) is 6.18 Å². The summed E-state index contributed by atoms with van der Waals surface area (Å²) in [7, 11) is 0. The molecule has 0 saturated carbocycles. The van der Waals surface area contributed by atoms with Gasteiger partial charge in [-0.15, -0.1) is 0 Å². The Morgan fingerprint density at radius 2 is 2.00 bits per heavy atom. The number of rotatable bonds is 3. The van der Waals surface area contributed by atoms with Crippen LogP contribution >= 0.6 is 0 Å². The molecule has 1 aromatic heterocycles. The molecule has 0 aliphatic heterocycles. The van der Waals surface area contributed by atoms with Crippen molar-refractivity contribution in [2.24, 2.45) is 0 Å². The molecule has 1 heterocycles. The summed E-state index contributed by atoms with van der Waals surface area (Å²) in [4.78, 5) is 6.40. The SMILES string of the molecule is FC(F)CNc1nccc(C(F)(F)F)n1. The molecule has 3 nitrogen and oxygen atoms in total. The number of aromatic nitrogens is 2. The maximum atomic E-state index is 12.1. The highest BCUT2D eigenvalue weighted by Gasteiger charge is 2.32. The Bertz CT molecular complexity index is 325. The van der Waals surface area contributed by atoms with Gasteiger partial charge < -0.3 is 5.32 Å². The van der Waals surface area contributed by atoms with Crippen molar-refractivity contribution in [1.29, 1.82) is 0 Å². The fraction of sp³-hybridized carbons (Fsp3) is 0.429. The van der Waals surface area contributed by atoms with Gasteiger partial charge in [-0.2, -0.15) is 13.2 Å². The van der Waals surface area contributed by atoms with E-state index >= 15 is 0 Å². The monoisotopic (exact) mass is 227 g/mol. The van der Waals surface area contributed by atoms with Gasteiger partial charge in [-0.1, -0.05) is 0 Å². The topological polar surface area (TPSA) is 37.8 Å². The Hall–Kier alpha value is -1.47. The van der Waals surface area contributed by atoms with Crippen LogP contribution in [-0.4, -0.2) is 22.9 Å². The fourth-order valence-electron chi connectivity index (χ4n) is 0.770. The number of hydrogen-bond donors (Lipinski definition) is 1. The molecule has 1 N–H and O–H groups in total. The first-order valence-corrected chi connectivity index (χ1v) is 3.82. The van der Waals surface area contributed by atoms with Crippen molar-refractivity contribution in [3.05, 3.63) is 18.0 Å². The van der Waals surface area contributed by atoms with Crippen molar-refractivity contribution in [2.45, 2.75) is 12.6 Å². The van der Waals surface area contributed by atoms with E-state index in [0.717, 1.165) is 6.20 Å². The minimum atomic E-state index is -4.61. The average Bonchev–Trinajstić information content (AvgIpc) is 2.14. The third kappa shape index (κ3) is 3.64. The van der Waals surface area contributed by atoms with E-state index in [2.05, 4.69) is 9.97 Å². The minimum Gasteiger partial charge on any atom is -0.348 e. The maximum Gasteiger partial charge on any atom is 0.433 e. The second-order valence-corrected chi connectivity index (χ2v) is 2.54. The second-order valence-electron chi connectivity index (χ2n) is 2.54. The van der Waals surface area contributed by atoms with Gasteiger partial charge >= 0.3 is 6.18 Å². The maximum absolute atomic E-state index is 12.1. The first-order valence-electron chi connectivity index (χ1n) is 3.82. The predicted octanol–water partition coefficient (Wildman–Crippen LogP) is 2.17. The zero-order valence-corrected chi connectivity index (χ0v) is 7.22. The quantitative estimate of drug-likeness (QED) is 0.804. The molecule has 0 fully saturated rings. The van der Waals surface area contributed by atoms with Crippen LogP contribution in [0.1, 0.15) is 5.69 Å². The van der Waals surface area contributed by atoms with Crippen molar-refractivity contribution in [3.63, 3.8) is 0 Å². The highest BCUT2D eigenvalue weighted by molar-refractivity contribution is 5.25. The molecule has 8 heteroatoms. The van der Waals surface area contributed by atoms with E-state index in [9.17, 15) is 22.0 Å². The van der Waals surface area contributed by atoms with Crippen molar-refractivity contribution in [2.75, 3.05) is 11.9 Å². The zero-order valence-electron chi connectivity index (χ0n) is 7.22. The fourth-order valence-corrected chi connectivity index (χ4v) is 0.770.